The van der Waals surface area contributed by atoms with Crippen LogP contribution in [0.3, 0.4) is 0 Å². The maximum atomic E-state index is 3.53. The summed E-state index contributed by atoms with van der Waals surface area (Å²) < 4.78 is 0. The van der Waals surface area contributed by atoms with Crippen molar-refractivity contribution in [3.05, 3.63) is 29.8 Å². The minimum absolute atomic E-state index is 0.717. The Kier molecular flexibility index (Phi) is 6.21. The lowest BCUT2D eigenvalue weighted by Crippen LogP contribution is -2.45. The normalized spacial score (nSPS) is 19.8. The predicted molar refractivity (Wildman–Crippen MR) is 84.8 cm³/mol. The maximum absolute atomic E-state index is 3.53. The lowest BCUT2D eigenvalue weighted by Gasteiger charge is -2.34. The van der Waals surface area contributed by atoms with Crippen LogP contribution in [0.4, 0.5) is 0 Å². The summed E-state index contributed by atoms with van der Waals surface area (Å²) in [5, 5.41) is 3.53. The van der Waals surface area contributed by atoms with Crippen LogP contribution in [0, 0.1) is 0 Å². The molecule has 19 heavy (non-hydrogen) atoms. The van der Waals surface area contributed by atoms with E-state index in [0.717, 1.165) is 13.1 Å². The Labute approximate surface area is 122 Å². The molecule has 0 amide bonds. The van der Waals surface area contributed by atoms with Gasteiger partial charge in [-0.1, -0.05) is 19.1 Å². The van der Waals surface area contributed by atoms with Crippen molar-refractivity contribution in [1.82, 2.24) is 10.2 Å². The van der Waals surface area contributed by atoms with Crippen LogP contribution < -0.4 is 5.32 Å². The molecule has 0 aromatic heterocycles. The fourth-order valence-corrected chi connectivity index (χ4v) is 3.20. The number of benzene rings is 1. The van der Waals surface area contributed by atoms with Crippen molar-refractivity contribution >= 4 is 11.8 Å². The van der Waals surface area contributed by atoms with E-state index >= 15 is 0 Å². The standard InChI is InChI=1S/C16H26N2S/c1-3-11-18(15-5-4-10-17-12-15)13-14-6-8-16(19-2)9-7-14/h6-9,15,17H,3-5,10-13H2,1-2H3. The summed E-state index contributed by atoms with van der Waals surface area (Å²) in [6.45, 7) is 6.92. The van der Waals surface area contributed by atoms with Crippen molar-refractivity contribution in [2.75, 3.05) is 25.9 Å². The average molecular weight is 278 g/mol. The van der Waals surface area contributed by atoms with Gasteiger partial charge in [-0.15, -0.1) is 11.8 Å². The minimum atomic E-state index is 0.717. The summed E-state index contributed by atoms with van der Waals surface area (Å²) in [6, 6.07) is 9.76. The first kappa shape index (κ1) is 14.9. The lowest BCUT2D eigenvalue weighted by atomic mass is 10.0. The van der Waals surface area contributed by atoms with Gasteiger partial charge in [0.05, 0.1) is 0 Å². The zero-order valence-corrected chi connectivity index (χ0v) is 13.0. The van der Waals surface area contributed by atoms with Crippen LogP contribution in [0.15, 0.2) is 29.2 Å². The second kappa shape index (κ2) is 7.93. The SMILES string of the molecule is CCCN(Cc1ccc(SC)cc1)C1CCCNC1. The van der Waals surface area contributed by atoms with Crippen molar-refractivity contribution < 1.29 is 0 Å². The van der Waals surface area contributed by atoms with Crippen molar-refractivity contribution in [3.8, 4) is 0 Å². The van der Waals surface area contributed by atoms with Crippen LogP contribution in [0.2, 0.25) is 0 Å². The van der Waals surface area contributed by atoms with E-state index in [-0.39, 0.29) is 0 Å². The summed E-state index contributed by atoms with van der Waals surface area (Å²) in [4.78, 5) is 4.00. The van der Waals surface area contributed by atoms with Gasteiger partial charge < -0.3 is 5.32 Å². The third-order valence-electron chi connectivity index (χ3n) is 3.84. The molecule has 0 bridgehead atoms. The van der Waals surface area contributed by atoms with Crippen molar-refractivity contribution in [3.63, 3.8) is 0 Å². The van der Waals surface area contributed by atoms with E-state index in [0.29, 0.717) is 6.04 Å². The third kappa shape index (κ3) is 4.51. The van der Waals surface area contributed by atoms with Crippen LogP contribution in [0.5, 0.6) is 0 Å². The third-order valence-corrected chi connectivity index (χ3v) is 4.59. The summed E-state index contributed by atoms with van der Waals surface area (Å²) in [5.41, 5.74) is 1.44. The number of hydrogen-bond donors (Lipinski definition) is 1. The molecule has 0 spiro atoms. The van der Waals surface area contributed by atoms with Crippen molar-refractivity contribution in [2.24, 2.45) is 0 Å². The molecule has 0 radical (unpaired) electrons. The van der Waals surface area contributed by atoms with Crippen LogP contribution in [0.1, 0.15) is 31.7 Å². The van der Waals surface area contributed by atoms with Gasteiger partial charge in [0.2, 0.25) is 0 Å². The molecule has 1 aromatic carbocycles. The van der Waals surface area contributed by atoms with Gasteiger partial charge in [0.25, 0.3) is 0 Å². The van der Waals surface area contributed by atoms with Gasteiger partial charge in [-0.2, -0.15) is 0 Å². The maximum Gasteiger partial charge on any atom is 0.0237 e. The van der Waals surface area contributed by atoms with Crippen LogP contribution in [-0.4, -0.2) is 36.8 Å². The van der Waals surface area contributed by atoms with Gasteiger partial charge in [-0.25, -0.2) is 0 Å². The molecule has 1 heterocycles. The van der Waals surface area contributed by atoms with Gasteiger partial charge in [0.1, 0.15) is 0 Å². The molecule has 1 aliphatic heterocycles. The molecule has 0 saturated carbocycles. The van der Waals surface area contributed by atoms with E-state index in [1.54, 1.807) is 0 Å². The smallest absolute Gasteiger partial charge is 0.0237 e. The van der Waals surface area contributed by atoms with Gasteiger partial charge in [-0.05, 0) is 56.3 Å². The second-order valence-corrected chi connectivity index (χ2v) is 6.20. The van der Waals surface area contributed by atoms with Gasteiger partial charge in [0.15, 0.2) is 0 Å². The van der Waals surface area contributed by atoms with Gasteiger partial charge in [0, 0.05) is 24.0 Å². The average Bonchev–Trinajstić information content (AvgIpc) is 2.48. The monoisotopic (exact) mass is 278 g/mol. The molecular weight excluding hydrogens is 252 g/mol. The first-order valence-corrected chi connectivity index (χ1v) is 8.63. The Balaban J connectivity index is 1.97. The zero-order valence-electron chi connectivity index (χ0n) is 12.2. The number of hydrogen-bond acceptors (Lipinski definition) is 3. The molecule has 2 nitrogen and oxygen atoms in total. The van der Waals surface area contributed by atoms with E-state index in [4.69, 9.17) is 0 Å². The fourth-order valence-electron chi connectivity index (χ4n) is 2.79. The van der Waals surface area contributed by atoms with E-state index in [9.17, 15) is 0 Å². The molecule has 0 aliphatic carbocycles. The Morgan fingerprint density at radius 2 is 2.11 bits per heavy atom. The van der Waals surface area contributed by atoms with E-state index in [1.165, 1.54) is 42.8 Å². The highest BCUT2D eigenvalue weighted by Crippen LogP contribution is 2.18. The van der Waals surface area contributed by atoms with E-state index in [2.05, 4.69) is 47.7 Å². The molecule has 1 aliphatic rings. The predicted octanol–water partition coefficient (Wildman–Crippen LogP) is 3.37. The molecule has 3 heteroatoms. The van der Waals surface area contributed by atoms with Crippen LogP contribution in [0.25, 0.3) is 0 Å². The topological polar surface area (TPSA) is 15.3 Å². The van der Waals surface area contributed by atoms with Crippen LogP contribution >= 0.6 is 11.8 Å². The van der Waals surface area contributed by atoms with Gasteiger partial charge >= 0.3 is 0 Å². The number of nitrogens with zero attached hydrogens (tertiary/aromatic N) is 1. The lowest BCUT2D eigenvalue weighted by molar-refractivity contribution is 0.158. The molecule has 1 atom stereocenters. The molecule has 106 valence electrons. The minimum Gasteiger partial charge on any atom is -0.315 e. The molecule has 1 unspecified atom stereocenters. The highest BCUT2D eigenvalue weighted by atomic mass is 32.2. The zero-order chi connectivity index (χ0) is 13.5. The molecular formula is C16H26N2S. The molecule has 1 N–H and O–H groups in total. The Morgan fingerprint density at radius 3 is 2.68 bits per heavy atom. The fraction of sp³-hybridized carbons (Fsp3) is 0.625. The second-order valence-electron chi connectivity index (χ2n) is 5.32. The Morgan fingerprint density at radius 1 is 1.32 bits per heavy atom. The number of rotatable bonds is 6. The highest BCUT2D eigenvalue weighted by molar-refractivity contribution is 7.98. The van der Waals surface area contributed by atoms with Crippen LogP contribution in [-0.2, 0) is 6.54 Å². The summed E-state index contributed by atoms with van der Waals surface area (Å²) >= 11 is 1.81. The van der Waals surface area contributed by atoms with Crippen molar-refractivity contribution in [1.29, 1.82) is 0 Å². The highest BCUT2D eigenvalue weighted by Gasteiger charge is 2.20. The first-order chi connectivity index (χ1) is 9.33. The number of piperidine rings is 1. The van der Waals surface area contributed by atoms with E-state index < -0.39 is 0 Å². The number of nitrogens with one attached hydrogen (secondary N) is 1. The molecule has 1 fully saturated rings. The first-order valence-electron chi connectivity index (χ1n) is 7.41. The summed E-state index contributed by atoms with van der Waals surface area (Å²) in [6.07, 6.45) is 6.03. The summed E-state index contributed by atoms with van der Waals surface area (Å²) in [5.74, 6) is 0. The van der Waals surface area contributed by atoms with Gasteiger partial charge in [-0.3, -0.25) is 4.90 Å². The van der Waals surface area contributed by atoms with Crippen molar-refractivity contribution in [2.45, 2.75) is 43.7 Å². The summed E-state index contributed by atoms with van der Waals surface area (Å²) in [7, 11) is 0. The quantitative estimate of drug-likeness (QED) is 0.803. The number of thioether (sulfide) groups is 1. The van der Waals surface area contributed by atoms with E-state index in [1.807, 2.05) is 11.8 Å². The Hall–Kier alpha value is -0.510. The largest absolute Gasteiger partial charge is 0.315 e. The molecule has 1 saturated heterocycles. The Bertz CT molecular complexity index is 358. The molecule has 1 aromatic rings. The molecule has 2 rings (SSSR count).